The summed E-state index contributed by atoms with van der Waals surface area (Å²) < 4.78 is 7.46. The van der Waals surface area contributed by atoms with Crippen LogP contribution in [0.25, 0.3) is 0 Å². The van der Waals surface area contributed by atoms with Gasteiger partial charge in [0, 0.05) is 30.9 Å². The second-order valence-corrected chi connectivity index (χ2v) is 5.68. The molecule has 6 nitrogen and oxygen atoms in total. The van der Waals surface area contributed by atoms with Crippen LogP contribution in [0.3, 0.4) is 0 Å². The van der Waals surface area contributed by atoms with Crippen molar-refractivity contribution in [2.24, 2.45) is 0 Å². The molecule has 0 aliphatic carbocycles. The van der Waals surface area contributed by atoms with Crippen molar-refractivity contribution in [3.05, 3.63) is 48.3 Å². The predicted molar refractivity (Wildman–Crippen MR) is 87.1 cm³/mol. The molecular formula is C17H22N4O2. The number of nitrogens with one attached hydrogen (secondary N) is 2. The molecule has 1 amide bonds. The monoisotopic (exact) mass is 314 g/mol. The quantitative estimate of drug-likeness (QED) is 0.848. The molecule has 1 aliphatic heterocycles. The number of amides is 1. The third kappa shape index (κ3) is 3.90. The first-order valence-electron chi connectivity index (χ1n) is 7.97. The average molecular weight is 314 g/mol. The van der Waals surface area contributed by atoms with E-state index in [2.05, 4.69) is 15.7 Å². The number of carbonyl (C=O) groups excluding carboxylic acids is 1. The molecule has 0 radical (unpaired) electrons. The molecule has 0 spiro atoms. The van der Waals surface area contributed by atoms with E-state index in [-0.39, 0.29) is 18.0 Å². The smallest absolute Gasteiger partial charge is 0.237 e. The van der Waals surface area contributed by atoms with Gasteiger partial charge >= 0.3 is 0 Å². The van der Waals surface area contributed by atoms with Crippen LogP contribution in [0.2, 0.25) is 0 Å². The number of rotatable bonds is 6. The topological polar surface area (TPSA) is 68.2 Å². The highest BCUT2D eigenvalue weighted by Crippen LogP contribution is 2.31. The molecule has 6 heteroatoms. The summed E-state index contributed by atoms with van der Waals surface area (Å²) in [5.74, 6) is 0.871. The molecule has 2 unspecified atom stereocenters. The van der Waals surface area contributed by atoms with Crippen LogP contribution in [-0.4, -0.2) is 34.9 Å². The standard InChI is InChI=1S/C17H22N4O2/c1-13(18-9-11-21-10-4-8-19-21)17(22)20-15-7-12-23-16-6-3-2-5-14(15)16/h2-6,8,10,13,15,18H,7,9,11-12H2,1H3,(H,20,22). The summed E-state index contributed by atoms with van der Waals surface area (Å²) in [7, 11) is 0. The summed E-state index contributed by atoms with van der Waals surface area (Å²) in [6, 6.07) is 9.53. The second-order valence-electron chi connectivity index (χ2n) is 5.68. The molecule has 1 aromatic carbocycles. The molecule has 0 saturated heterocycles. The molecule has 1 aliphatic rings. The van der Waals surface area contributed by atoms with Crippen molar-refractivity contribution in [2.45, 2.75) is 32.0 Å². The van der Waals surface area contributed by atoms with Crippen molar-refractivity contribution in [2.75, 3.05) is 13.2 Å². The molecule has 3 rings (SSSR count). The first kappa shape index (κ1) is 15.6. The van der Waals surface area contributed by atoms with Crippen LogP contribution in [0.4, 0.5) is 0 Å². The largest absolute Gasteiger partial charge is 0.493 e. The Labute approximate surface area is 135 Å². The fraction of sp³-hybridized carbons (Fsp3) is 0.412. The van der Waals surface area contributed by atoms with Crippen molar-refractivity contribution in [1.82, 2.24) is 20.4 Å². The van der Waals surface area contributed by atoms with Gasteiger partial charge in [0.2, 0.25) is 5.91 Å². The summed E-state index contributed by atoms with van der Waals surface area (Å²) in [5.41, 5.74) is 1.05. The number of aromatic nitrogens is 2. The maximum absolute atomic E-state index is 12.4. The number of hydrogen-bond donors (Lipinski definition) is 2. The van der Waals surface area contributed by atoms with E-state index in [9.17, 15) is 4.79 Å². The number of fused-ring (bicyclic) bond motifs is 1. The normalized spacial score (nSPS) is 17.9. The van der Waals surface area contributed by atoms with Crippen LogP contribution < -0.4 is 15.4 Å². The molecular weight excluding hydrogens is 292 g/mol. The average Bonchev–Trinajstić information content (AvgIpc) is 3.08. The summed E-state index contributed by atoms with van der Waals surface area (Å²) in [6.45, 7) is 3.94. The zero-order valence-corrected chi connectivity index (χ0v) is 13.2. The molecule has 2 atom stereocenters. The highest BCUT2D eigenvalue weighted by Gasteiger charge is 2.24. The number of hydrogen-bond acceptors (Lipinski definition) is 4. The van der Waals surface area contributed by atoms with Crippen LogP contribution >= 0.6 is 0 Å². The Morgan fingerprint density at radius 3 is 3.13 bits per heavy atom. The molecule has 0 bridgehead atoms. The molecule has 2 heterocycles. The van der Waals surface area contributed by atoms with E-state index >= 15 is 0 Å². The second kappa shape index (κ2) is 7.28. The van der Waals surface area contributed by atoms with Crippen LogP contribution in [0.5, 0.6) is 5.75 Å². The third-order valence-corrected chi connectivity index (χ3v) is 4.02. The minimum Gasteiger partial charge on any atom is -0.493 e. The number of carbonyl (C=O) groups is 1. The van der Waals surface area contributed by atoms with Crippen molar-refractivity contribution < 1.29 is 9.53 Å². The van der Waals surface area contributed by atoms with Crippen LogP contribution in [0.15, 0.2) is 42.7 Å². The SMILES string of the molecule is CC(NCCn1cccn1)C(=O)NC1CCOc2ccccc21. The Bertz CT molecular complexity index is 642. The van der Waals surface area contributed by atoms with Crippen LogP contribution in [-0.2, 0) is 11.3 Å². The van der Waals surface area contributed by atoms with Gasteiger partial charge in [0.05, 0.1) is 25.2 Å². The lowest BCUT2D eigenvalue weighted by Crippen LogP contribution is -2.45. The van der Waals surface area contributed by atoms with Gasteiger partial charge in [-0.25, -0.2) is 0 Å². The highest BCUT2D eigenvalue weighted by atomic mass is 16.5. The lowest BCUT2D eigenvalue weighted by Gasteiger charge is -2.27. The minimum absolute atomic E-state index is 0.00664. The zero-order chi connectivity index (χ0) is 16.1. The van der Waals surface area contributed by atoms with Gasteiger partial charge in [-0.15, -0.1) is 0 Å². The summed E-state index contributed by atoms with van der Waals surface area (Å²) in [5, 5.41) is 10.5. The molecule has 122 valence electrons. The van der Waals surface area contributed by atoms with Crippen LogP contribution in [0, 0.1) is 0 Å². The lowest BCUT2D eigenvalue weighted by molar-refractivity contribution is -0.123. The van der Waals surface area contributed by atoms with Gasteiger partial charge in [-0.05, 0) is 19.1 Å². The Morgan fingerprint density at radius 2 is 2.30 bits per heavy atom. The van der Waals surface area contributed by atoms with E-state index in [1.807, 2.05) is 48.1 Å². The van der Waals surface area contributed by atoms with E-state index in [1.54, 1.807) is 6.20 Å². The van der Waals surface area contributed by atoms with Gasteiger partial charge < -0.3 is 15.4 Å². The van der Waals surface area contributed by atoms with Gasteiger partial charge in [0.25, 0.3) is 0 Å². The molecule has 2 aromatic rings. The molecule has 1 aromatic heterocycles. The predicted octanol–water partition coefficient (Wildman–Crippen LogP) is 1.50. The number of benzene rings is 1. The van der Waals surface area contributed by atoms with Gasteiger partial charge in [-0.2, -0.15) is 5.10 Å². The Balaban J connectivity index is 1.50. The van der Waals surface area contributed by atoms with Gasteiger partial charge in [0.1, 0.15) is 5.75 Å². The fourth-order valence-corrected chi connectivity index (χ4v) is 2.71. The summed E-state index contributed by atoms with van der Waals surface area (Å²) in [4.78, 5) is 12.4. The molecule has 23 heavy (non-hydrogen) atoms. The van der Waals surface area contributed by atoms with E-state index < -0.39 is 0 Å². The van der Waals surface area contributed by atoms with E-state index in [0.29, 0.717) is 13.2 Å². The Kier molecular flexibility index (Phi) is 4.92. The van der Waals surface area contributed by atoms with Crippen molar-refractivity contribution in [1.29, 1.82) is 0 Å². The highest BCUT2D eigenvalue weighted by molar-refractivity contribution is 5.81. The van der Waals surface area contributed by atoms with Gasteiger partial charge in [-0.3, -0.25) is 9.48 Å². The zero-order valence-electron chi connectivity index (χ0n) is 13.2. The third-order valence-electron chi connectivity index (χ3n) is 4.02. The number of para-hydroxylation sites is 1. The van der Waals surface area contributed by atoms with Gasteiger partial charge in [-0.1, -0.05) is 18.2 Å². The molecule has 0 saturated carbocycles. The summed E-state index contributed by atoms with van der Waals surface area (Å²) in [6.07, 6.45) is 4.45. The lowest BCUT2D eigenvalue weighted by atomic mass is 10.0. The first-order chi connectivity index (χ1) is 11.2. The van der Waals surface area contributed by atoms with E-state index in [0.717, 1.165) is 24.3 Å². The fourth-order valence-electron chi connectivity index (χ4n) is 2.71. The van der Waals surface area contributed by atoms with Gasteiger partial charge in [0.15, 0.2) is 0 Å². The van der Waals surface area contributed by atoms with E-state index in [4.69, 9.17) is 4.74 Å². The maximum atomic E-state index is 12.4. The Hall–Kier alpha value is -2.34. The first-order valence-corrected chi connectivity index (χ1v) is 7.97. The Morgan fingerprint density at radius 1 is 1.43 bits per heavy atom. The van der Waals surface area contributed by atoms with Crippen LogP contribution in [0.1, 0.15) is 24.9 Å². The number of ether oxygens (including phenoxy) is 1. The van der Waals surface area contributed by atoms with Crippen molar-refractivity contribution >= 4 is 5.91 Å². The van der Waals surface area contributed by atoms with Crippen molar-refractivity contribution in [3.63, 3.8) is 0 Å². The molecule has 2 N–H and O–H groups in total. The maximum Gasteiger partial charge on any atom is 0.237 e. The summed E-state index contributed by atoms with van der Waals surface area (Å²) >= 11 is 0. The minimum atomic E-state index is -0.249. The van der Waals surface area contributed by atoms with E-state index in [1.165, 1.54) is 0 Å². The number of nitrogens with zero attached hydrogens (tertiary/aromatic N) is 2. The van der Waals surface area contributed by atoms with Crippen molar-refractivity contribution in [3.8, 4) is 5.75 Å². The molecule has 0 fully saturated rings.